The molecule has 3 aromatic rings. The third-order valence-electron chi connectivity index (χ3n) is 6.86. The normalized spacial score (nSPS) is 21.1. The van der Waals surface area contributed by atoms with Crippen molar-refractivity contribution < 1.29 is 14.5 Å². The molecule has 2 heterocycles. The van der Waals surface area contributed by atoms with E-state index in [1.165, 1.54) is 17.7 Å². The van der Waals surface area contributed by atoms with E-state index >= 15 is 0 Å². The van der Waals surface area contributed by atoms with E-state index in [1.807, 2.05) is 63.4 Å². The summed E-state index contributed by atoms with van der Waals surface area (Å²) in [6, 6.07) is 20.3. The Morgan fingerprint density at radius 3 is 2.65 bits per heavy atom. The molecule has 192 valence electrons. The molecule has 0 aliphatic carbocycles. The molecule has 1 aliphatic heterocycles. The van der Waals surface area contributed by atoms with Gasteiger partial charge in [-0.25, -0.2) is 0 Å². The summed E-state index contributed by atoms with van der Waals surface area (Å²) < 4.78 is 5.87. The van der Waals surface area contributed by atoms with Crippen molar-refractivity contribution in [2.45, 2.75) is 31.8 Å². The Morgan fingerprint density at radius 2 is 1.95 bits per heavy atom. The number of carbonyl (C=O) groups is 1. The van der Waals surface area contributed by atoms with E-state index in [1.54, 1.807) is 18.5 Å². The van der Waals surface area contributed by atoms with Gasteiger partial charge in [0.25, 0.3) is 5.69 Å². The summed E-state index contributed by atoms with van der Waals surface area (Å²) in [6.07, 6.45) is 5.38. The monoisotopic (exact) mass is 500 g/mol. The van der Waals surface area contributed by atoms with Gasteiger partial charge in [0.2, 0.25) is 0 Å². The lowest BCUT2D eigenvalue weighted by atomic mass is 9.68. The minimum absolute atomic E-state index is 0.0141. The molecule has 4 rings (SSSR count). The maximum absolute atomic E-state index is 13.8. The average Bonchev–Trinajstić information content (AvgIpc) is 2.89. The number of ether oxygens (including phenoxy) is 1. The molecule has 0 fully saturated rings. The molecule has 0 spiro atoms. The quantitative estimate of drug-likeness (QED) is 0.256. The second kappa shape index (κ2) is 11.3. The molecular weight excluding hydrogens is 468 g/mol. The van der Waals surface area contributed by atoms with Gasteiger partial charge in [0.15, 0.2) is 0 Å². The van der Waals surface area contributed by atoms with Crippen molar-refractivity contribution in [1.82, 2.24) is 15.2 Å². The van der Waals surface area contributed by atoms with Gasteiger partial charge < -0.3 is 10.1 Å². The Labute approximate surface area is 217 Å². The number of likely N-dealkylation sites (N-methyl/N-ethyl adjacent to an activating group) is 1. The van der Waals surface area contributed by atoms with E-state index in [4.69, 9.17) is 4.74 Å². The first-order chi connectivity index (χ1) is 17.8. The second-order valence-electron chi connectivity index (χ2n) is 9.67. The average molecular weight is 501 g/mol. The van der Waals surface area contributed by atoms with Crippen molar-refractivity contribution in [2.75, 3.05) is 20.2 Å². The van der Waals surface area contributed by atoms with Crippen LogP contribution in [0.1, 0.15) is 36.5 Å². The highest BCUT2D eigenvalue weighted by atomic mass is 16.6. The number of carbonyl (C=O) groups excluding carboxylic acids is 1. The minimum atomic E-state index is -0.838. The van der Waals surface area contributed by atoms with E-state index in [0.29, 0.717) is 12.1 Å². The molecular formula is C29H32N4O4. The number of nitro groups is 1. The number of nitrogens with one attached hydrogen (secondary N) is 1. The Kier molecular flexibility index (Phi) is 7.98. The fourth-order valence-electron chi connectivity index (χ4n) is 5.06. The number of benzene rings is 2. The zero-order valence-electron chi connectivity index (χ0n) is 21.3. The third kappa shape index (κ3) is 6.03. The van der Waals surface area contributed by atoms with Gasteiger partial charge >= 0.3 is 5.97 Å². The largest absolute Gasteiger partial charge is 0.464 e. The van der Waals surface area contributed by atoms with Gasteiger partial charge in [0.05, 0.1) is 16.4 Å². The highest BCUT2D eigenvalue weighted by Gasteiger charge is 2.49. The summed E-state index contributed by atoms with van der Waals surface area (Å²) in [5.41, 5.74) is 2.72. The number of hydrogen-bond acceptors (Lipinski definition) is 7. The molecule has 3 unspecified atom stereocenters. The number of hydrogen-bond donors (Lipinski definition) is 1. The summed E-state index contributed by atoms with van der Waals surface area (Å²) in [4.78, 5) is 31.2. The first-order valence-corrected chi connectivity index (χ1v) is 12.3. The number of nitro benzene ring substituents is 1. The van der Waals surface area contributed by atoms with E-state index in [0.717, 1.165) is 17.8 Å². The fraction of sp³-hybridized carbons (Fsp3) is 0.310. The van der Waals surface area contributed by atoms with Crippen LogP contribution in [0.5, 0.6) is 0 Å². The number of allylic oxidation sites excluding steroid dienone is 2. The number of esters is 1. The van der Waals surface area contributed by atoms with Crippen molar-refractivity contribution in [3.63, 3.8) is 0 Å². The van der Waals surface area contributed by atoms with E-state index in [2.05, 4.69) is 27.3 Å². The minimum Gasteiger partial charge on any atom is -0.464 e. The highest BCUT2D eigenvalue weighted by molar-refractivity contribution is 5.77. The zero-order chi connectivity index (χ0) is 26.4. The fourth-order valence-corrected chi connectivity index (χ4v) is 5.06. The summed E-state index contributed by atoms with van der Waals surface area (Å²) in [7, 11) is 1.99. The first-order valence-electron chi connectivity index (χ1n) is 12.3. The lowest BCUT2D eigenvalue weighted by molar-refractivity contribution is -0.384. The molecule has 0 radical (unpaired) electrons. The number of pyridine rings is 1. The molecule has 37 heavy (non-hydrogen) atoms. The van der Waals surface area contributed by atoms with Crippen molar-refractivity contribution in [3.8, 4) is 0 Å². The van der Waals surface area contributed by atoms with Gasteiger partial charge in [-0.2, -0.15) is 0 Å². The zero-order valence-corrected chi connectivity index (χ0v) is 21.3. The molecule has 8 nitrogen and oxygen atoms in total. The standard InChI is InChI=1S/C29H32N4O4/c1-21-17-26(23-11-7-13-25(18-23)33(35)36)27(29(2,31-21)24-12-8-14-30-19-24)28(34)37-16-15-32(3)20-22-9-5-4-6-10-22/h4-14,17-19,26-27,31H,15-16,20H2,1-3H3. The highest BCUT2D eigenvalue weighted by Crippen LogP contribution is 2.45. The van der Waals surface area contributed by atoms with Gasteiger partial charge in [-0.05, 0) is 43.7 Å². The molecule has 0 amide bonds. The smallest absolute Gasteiger partial charge is 0.312 e. The van der Waals surface area contributed by atoms with Crippen molar-refractivity contribution in [2.24, 2.45) is 5.92 Å². The maximum atomic E-state index is 13.8. The summed E-state index contributed by atoms with van der Waals surface area (Å²) in [5.74, 6) is -1.48. The van der Waals surface area contributed by atoms with Crippen LogP contribution in [0.2, 0.25) is 0 Å². The van der Waals surface area contributed by atoms with Gasteiger partial charge in [-0.15, -0.1) is 0 Å². The summed E-state index contributed by atoms with van der Waals surface area (Å²) in [6.45, 7) is 5.43. The molecule has 1 aromatic heterocycles. The van der Waals surface area contributed by atoms with Crippen LogP contribution in [-0.2, 0) is 21.6 Å². The van der Waals surface area contributed by atoms with Crippen molar-refractivity contribution in [1.29, 1.82) is 0 Å². The Bertz CT molecular complexity index is 1270. The van der Waals surface area contributed by atoms with Crippen LogP contribution in [0.4, 0.5) is 5.69 Å². The van der Waals surface area contributed by atoms with Crippen LogP contribution in [0, 0.1) is 16.0 Å². The SMILES string of the molecule is CC1=CC(c2cccc([N+](=O)[O-])c2)C(C(=O)OCCN(C)Cc2ccccc2)C(C)(c2cccnc2)N1. The number of nitrogens with zero attached hydrogens (tertiary/aromatic N) is 3. The molecule has 0 saturated carbocycles. The van der Waals surface area contributed by atoms with Crippen LogP contribution in [-0.4, -0.2) is 41.0 Å². The third-order valence-corrected chi connectivity index (χ3v) is 6.86. The van der Waals surface area contributed by atoms with Gasteiger partial charge in [0.1, 0.15) is 6.61 Å². The summed E-state index contributed by atoms with van der Waals surface area (Å²) in [5, 5.41) is 15.0. The molecule has 0 bridgehead atoms. The predicted molar refractivity (Wildman–Crippen MR) is 142 cm³/mol. The molecule has 2 aromatic carbocycles. The first kappa shape index (κ1) is 26.0. The van der Waals surface area contributed by atoms with E-state index < -0.39 is 22.3 Å². The maximum Gasteiger partial charge on any atom is 0.312 e. The molecule has 0 saturated heterocycles. The van der Waals surface area contributed by atoms with Gasteiger partial charge in [-0.1, -0.05) is 54.6 Å². The predicted octanol–water partition coefficient (Wildman–Crippen LogP) is 4.79. The summed E-state index contributed by atoms with van der Waals surface area (Å²) >= 11 is 0. The van der Waals surface area contributed by atoms with Crippen LogP contribution in [0.25, 0.3) is 0 Å². The molecule has 8 heteroatoms. The van der Waals surface area contributed by atoms with Gasteiger partial charge in [0, 0.05) is 49.2 Å². The Hall–Kier alpha value is -4.04. The van der Waals surface area contributed by atoms with Crippen LogP contribution in [0.15, 0.2) is 90.9 Å². The topological polar surface area (TPSA) is 97.6 Å². The number of rotatable bonds is 9. The number of aromatic nitrogens is 1. The van der Waals surface area contributed by atoms with Gasteiger partial charge in [-0.3, -0.25) is 24.8 Å². The van der Waals surface area contributed by atoms with Crippen LogP contribution >= 0.6 is 0 Å². The number of non-ortho nitro benzene ring substituents is 1. The Morgan fingerprint density at radius 1 is 1.16 bits per heavy atom. The Balaban J connectivity index is 1.60. The molecule has 3 atom stereocenters. The van der Waals surface area contributed by atoms with Crippen LogP contribution < -0.4 is 5.32 Å². The molecule has 1 aliphatic rings. The van der Waals surface area contributed by atoms with Crippen molar-refractivity contribution >= 4 is 11.7 Å². The second-order valence-corrected chi connectivity index (χ2v) is 9.67. The van der Waals surface area contributed by atoms with Crippen LogP contribution in [0.3, 0.4) is 0 Å². The lowest BCUT2D eigenvalue weighted by Gasteiger charge is -2.45. The van der Waals surface area contributed by atoms with Crippen molar-refractivity contribution in [3.05, 3.63) is 118 Å². The molecule has 1 N–H and O–H groups in total. The van der Waals surface area contributed by atoms with E-state index in [-0.39, 0.29) is 18.3 Å². The van der Waals surface area contributed by atoms with E-state index in [9.17, 15) is 14.9 Å². The lowest BCUT2D eigenvalue weighted by Crippen LogP contribution is -2.53.